The second kappa shape index (κ2) is 9.05. The topological polar surface area (TPSA) is 45.7 Å². The van der Waals surface area contributed by atoms with Crippen LogP contribution in [0.3, 0.4) is 0 Å². The first kappa shape index (κ1) is 20.1. The third-order valence-electron chi connectivity index (χ3n) is 4.95. The van der Waals surface area contributed by atoms with Crippen molar-refractivity contribution in [2.24, 2.45) is 0 Å². The van der Waals surface area contributed by atoms with Gasteiger partial charge in [0.25, 0.3) is 5.91 Å². The van der Waals surface area contributed by atoms with Gasteiger partial charge in [0.15, 0.2) is 6.04 Å². The largest absolute Gasteiger partial charge is 0.326 e. The molecule has 3 aromatic rings. The molecule has 0 spiro atoms. The van der Waals surface area contributed by atoms with E-state index >= 15 is 0 Å². The van der Waals surface area contributed by atoms with Crippen molar-refractivity contribution in [2.45, 2.75) is 32.9 Å². The summed E-state index contributed by atoms with van der Waals surface area (Å²) in [6.07, 6.45) is 0. The highest BCUT2D eigenvalue weighted by molar-refractivity contribution is 6.30. The summed E-state index contributed by atoms with van der Waals surface area (Å²) in [5, 5.41) is 5.91. The van der Waals surface area contributed by atoms with Crippen molar-refractivity contribution < 1.29 is 10.1 Å². The minimum Gasteiger partial charge on any atom is -0.326 e. The van der Waals surface area contributed by atoms with Crippen LogP contribution in [0.5, 0.6) is 0 Å². The van der Waals surface area contributed by atoms with E-state index < -0.39 is 0 Å². The van der Waals surface area contributed by atoms with E-state index in [9.17, 15) is 4.79 Å². The van der Waals surface area contributed by atoms with Crippen LogP contribution in [0, 0.1) is 13.8 Å². The van der Waals surface area contributed by atoms with Gasteiger partial charge in [-0.2, -0.15) is 0 Å². The molecular weight excluding hydrogens is 368 g/mol. The average molecular weight is 394 g/mol. The molecule has 3 N–H and O–H groups in total. The summed E-state index contributed by atoms with van der Waals surface area (Å²) in [5.74, 6) is -0.0335. The maximum atomic E-state index is 13.2. The first-order valence-electron chi connectivity index (χ1n) is 9.47. The number of nitrogens with one attached hydrogen (secondary N) is 1. The van der Waals surface area contributed by atoms with E-state index in [1.165, 1.54) is 0 Å². The molecular formula is C24H26ClN2O+. The summed E-state index contributed by atoms with van der Waals surface area (Å²) >= 11 is 6.15. The maximum absolute atomic E-state index is 13.2. The third-order valence-corrected chi connectivity index (χ3v) is 5.18. The summed E-state index contributed by atoms with van der Waals surface area (Å²) in [7, 11) is 0. The van der Waals surface area contributed by atoms with E-state index in [4.69, 9.17) is 11.6 Å². The zero-order chi connectivity index (χ0) is 20.1. The Kier molecular flexibility index (Phi) is 6.50. The molecule has 0 heterocycles. The van der Waals surface area contributed by atoms with Crippen LogP contribution >= 0.6 is 11.6 Å². The van der Waals surface area contributed by atoms with Gasteiger partial charge in [-0.25, -0.2) is 0 Å². The lowest BCUT2D eigenvalue weighted by atomic mass is 10.0. The predicted molar refractivity (Wildman–Crippen MR) is 116 cm³/mol. The van der Waals surface area contributed by atoms with Crippen molar-refractivity contribution in [2.75, 3.05) is 5.32 Å². The zero-order valence-corrected chi connectivity index (χ0v) is 17.2. The number of carbonyl (C=O) groups excluding carboxylic acids is 1. The number of rotatable bonds is 6. The van der Waals surface area contributed by atoms with E-state index in [-0.39, 0.29) is 18.0 Å². The van der Waals surface area contributed by atoms with Crippen molar-refractivity contribution in [3.05, 3.63) is 100 Å². The quantitative estimate of drug-likeness (QED) is 0.610. The van der Waals surface area contributed by atoms with Gasteiger partial charge < -0.3 is 10.6 Å². The highest BCUT2D eigenvalue weighted by atomic mass is 35.5. The number of quaternary nitrogens is 1. The lowest BCUT2D eigenvalue weighted by Crippen LogP contribution is -2.87. The van der Waals surface area contributed by atoms with Crippen LogP contribution < -0.4 is 10.6 Å². The van der Waals surface area contributed by atoms with Gasteiger partial charge in [-0.3, -0.25) is 4.79 Å². The van der Waals surface area contributed by atoms with Gasteiger partial charge in [0.1, 0.15) is 6.04 Å². The fraction of sp³-hybridized carbons (Fsp3) is 0.208. The molecule has 0 bridgehead atoms. The molecule has 3 aromatic carbocycles. The lowest BCUT2D eigenvalue weighted by molar-refractivity contribution is -0.718. The molecule has 144 valence electrons. The SMILES string of the molecule is Cc1ccc(C)c(NC(=O)[C@H]([NH2+][C@H](C)c2cccc(Cl)c2)c2ccccc2)c1. The molecule has 28 heavy (non-hydrogen) atoms. The lowest BCUT2D eigenvalue weighted by Gasteiger charge is -2.21. The van der Waals surface area contributed by atoms with Crippen molar-refractivity contribution >= 4 is 23.2 Å². The Labute approximate surface area is 171 Å². The molecule has 0 saturated heterocycles. The Morgan fingerprint density at radius 2 is 1.64 bits per heavy atom. The minimum atomic E-state index is -0.366. The third kappa shape index (κ3) is 5.00. The summed E-state index contributed by atoms with van der Waals surface area (Å²) in [4.78, 5) is 13.2. The molecule has 3 rings (SSSR count). The van der Waals surface area contributed by atoms with Crippen molar-refractivity contribution in [1.29, 1.82) is 0 Å². The molecule has 3 nitrogen and oxygen atoms in total. The van der Waals surface area contributed by atoms with E-state index in [2.05, 4.69) is 17.6 Å². The Morgan fingerprint density at radius 1 is 0.929 bits per heavy atom. The van der Waals surface area contributed by atoms with Crippen LogP contribution in [0.25, 0.3) is 0 Å². The first-order chi connectivity index (χ1) is 13.4. The van der Waals surface area contributed by atoms with E-state index in [1.807, 2.05) is 86.6 Å². The van der Waals surface area contributed by atoms with Crippen molar-refractivity contribution in [3.63, 3.8) is 0 Å². The van der Waals surface area contributed by atoms with Gasteiger partial charge in [-0.15, -0.1) is 0 Å². The molecule has 0 aliphatic carbocycles. The molecule has 2 atom stereocenters. The number of amides is 1. The van der Waals surface area contributed by atoms with Crippen LogP contribution in [-0.2, 0) is 4.79 Å². The number of aryl methyl sites for hydroxylation is 2. The molecule has 0 aliphatic heterocycles. The van der Waals surface area contributed by atoms with Gasteiger partial charge >= 0.3 is 0 Å². The van der Waals surface area contributed by atoms with Gasteiger partial charge in [0, 0.05) is 21.8 Å². The standard InChI is InChI=1S/C24H25ClN2O/c1-16-12-13-17(2)22(14-16)27-24(28)23(19-8-5-4-6-9-19)26-18(3)20-10-7-11-21(25)15-20/h4-15,18,23,26H,1-3H3,(H,27,28)/p+1/t18-,23-/m1/s1. The molecule has 0 unspecified atom stereocenters. The van der Waals surface area contributed by atoms with Crippen LogP contribution in [0.1, 0.15) is 41.3 Å². The second-order valence-electron chi connectivity index (χ2n) is 7.23. The Bertz CT molecular complexity index is 956. The smallest absolute Gasteiger partial charge is 0.287 e. The Hall–Kier alpha value is -2.62. The van der Waals surface area contributed by atoms with Crippen molar-refractivity contribution in [3.8, 4) is 0 Å². The number of anilines is 1. The molecule has 0 saturated carbocycles. The minimum absolute atomic E-state index is 0.0335. The summed E-state index contributed by atoms with van der Waals surface area (Å²) in [5.41, 5.74) is 5.09. The number of carbonyl (C=O) groups is 1. The molecule has 0 aliphatic rings. The number of nitrogens with two attached hydrogens (primary N) is 1. The Morgan fingerprint density at radius 3 is 2.36 bits per heavy atom. The fourth-order valence-electron chi connectivity index (χ4n) is 3.28. The van der Waals surface area contributed by atoms with Gasteiger partial charge in [0.05, 0.1) is 0 Å². The molecule has 0 radical (unpaired) electrons. The fourth-order valence-corrected chi connectivity index (χ4v) is 3.48. The van der Waals surface area contributed by atoms with Gasteiger partial charge in [0.2, 0.25) is 0 Å². The average Bonchev–Trinajstić information content (AvgIpc) is 2.69. The number of benzene rings is 3. The number of hydrogen-bond acceptors (Lipinski definition) is 1. The number of halogens is 1. The first-order valence-corrected chi connectivity index (χ1v) is 9.85. The molecule has 0 fully saturated rings. The Balaban J connectivity index is 1.86. The zero-order valence-electron chi connectivity index (χ0n) is 16.4. The summed E-state index contributed by atoms with van der Waals surface area (Å²) in [6.45, 7) is 6.12. The van der Waals surface area contributed by atoms with E-state index in [0.29, 0.717) is 5.02 Å². The monoisotopic (exact) mass is 393 g/mol. The second-order valence-corrected chi connectivity index (χ2v) is 7.67. The molecule has 0 aromatic heterocycles. The number of hydrogen-bond donors (Lipinski definition) is 2. The summed E-state index contributed by atoms with van der Waals surface area (Å²) < 4.78 is 0. The normalized spacial score (nSPS) is 13.0. The predicted octanol–water partition coefficient (Wildman–Crippen LogP) is 4.96. The highest BCUT2D eigenvalue weighted by Gasteiger charge is 2.27. The van der Waals surface area contributed by atoms with Gasteiger partial charge in [-0.05, 0) is 50.1 Å². The van der Waals surface area contributed by atoms with Crippen molar-refractivity contribution in [1.82, 2.24) is 0 Å². The van der Waals surface area contributed by atoms with Crippen LogP contribution in [0.4, 0.5) is 5.69 Å². The van der Waals surface area contributed by atoms with Crippen LogP contribution in [-0.4, -0.2) is 5.91 Å². The van der Waals surface area contributed by atoms with Crippen LogP contribution in [0.15, 0.2) is 72.8 Å². The summed E-state index contributed by atoms with van der Waals surface area (Å²) in [6, 6.07) is 23.5. The highest BCUT2D eigenvalue weighted by Crippen LogP contribution is 2.20. The van der Waals surface area contributed by atoms with Gasteiger partial charge in [-0.1, -0.05) is 66.2 Å². The van der Waals surface area contributed by atoms with E-state index in [0.717, 1.165) is 27.9 Å². The molecule has 1 amide bonds. The van der Waals surface area contributed by atoms with Crippen LogP contribution in [0.2, 0.25) is 5.02 Å². The molecule has 4 heteroatoms. The van der Waals surface area contributed by atoms with E-state index in [1.54, 1.807) is 0 Å². The maximum Gasteiger partial charge on any atom is 0.287 e.